The molecule has 0 bridgehead atoms. The van der Waals surface area contributed by atoms with Gasteiger partial charge in [-0.05, 0) is 72.6 Å². The van der Waals surface area contributed by atoms with Crippen LogP contribution in [0.4, 0.5) is 28.0 Å². The van der Waals surface area contributed by atoms with Gasteiger partial charge in [-0.2, -0.15) is 5.26 Å². The summed E-state index contributed by atoms with van der Waals surface area (Å²) in [5.41, 5.74) is 3.66. The maximum Gasteiger partial charge on any atom is 0.508 e. The van der Waals surface area contributed by atoms with Gasteiger partial charge < -0.3 is 40.2 Å². The molecular weight excluding hydrogens is 1130 g/mol. The highest BCUT2D eigenvalue weighted by Crippen LogP contribution is 2.35. The third-order valence-corrected chi connectivity index (χ3v) is 15.7. The van der Waals surface area contributed by atoms with Gasteiger partial charge in [-0.3, -0.25) is 38.9 Å². The van der Waals surface area contributed by atoms with Crippen molar-refractivity contribution in [2.45, 2.75) is 68.3 Å². The number of nitriles is 1. The number of methoxy groups -OCH3 is 1. The zero-order chi connectivity index (χ0) is 58.4. The average Bonchev–Trinajstić information content (AvgIpc) is 3.87. The summed E-state index contributed by atoms with van der Waals surface area (Å²) in [6, 6.07) is 14.5. The zero-order valence-electron chi connectivity index (χ0n) is 42.7. The van der Waals surface area contributed by atoms with E-state index in [0.717, 1.165) is 33.4 Å². The molecule has 2 unspecified atom stereocenters. The number of halogens is 4. The number of benzene rings is 2. The first-order valence-corrected chi connectivity index (χ1v) is 28.1. The maximum atomic E-state index is 14.5. The molecule has 7 rings (SSSR count). The monoisotopic (exact) mass is 1180 g/mol. The van der Waals surface area contributed by atoms with Crippen LogP contribution in [0, 0.1) is 23.0 Å². The number of carboxylic acid groups (broad SMARTS) is 1. The van der Waals surface area contributed by atoms with Crippen molar-refractivity contribution in [1.82, 2.24) is 40.8 Å². The number of anilines is 1. The lowest BCUT2D eigenvalue weighted by atomic mass is 9.98. The highest BCUT2D eigenvalue weighted by Gasteiger charge is 2.48. The summed E-state index contributed by atoms with van der Waals surface area (Å²) in [7, 11) is -0.986. The number of carbonyl (C=O) groups excluding carboxylic acids is 5. The number of ether oxygens (including phenoxy) is 3. The Morgan fingerprint density at radius 3 is 2.35 bits per heavy atom. The second kappa shape index (κ2) is 27.0. The summed E-state index contributed by atoms with van der Waals surface area (Å²) in [5.74, 6) is -9.60. The molecule has 6 aromatic rings. The van der Waals surface area contributed by atoms with E-state index in [-0.39, 0.29) is 66.9 Å². The summed E-state index contributed by atoms with van der Waals surface area (Å²) in [4.78, 5) is 92.1. The normalized spacial score (nSPS) is 14.4. The summed E-state index contributed by atoms with van der Waals surface area (Å²) < 4.78 is 99.8. The number of rotatable bonds is 24. The van der Waals surface area contributed by atoms with E-state index in [2.05, 4.69) is 40.6 Å². The molecule has 0 aliphatic carbocycles. The van der Waals surface area contributed by atoms with Gasteiger partial charge in [0.1, 0.15) is 53.6 Å². The molecule has 1 fully saturated rings. The van der Waals surface area contributed by atoms with Crippen molar-refractivity contribution >= 4 is 84.0 Å². The summed E-state index contributed by atoms with van der Waals surface area (Å²) in [6.45, 7) is -0.134. The lowest BCUT2D eigenvalue weighted by molar-refractivity contribution is -0.141. The Hall–Kier alpha value is -8.62. The Balaban J connectivity index is 0.803. The number of carbonyl (C=O) groups is 6. The zero-order valence-corrected chi connectivity index (χ0v) is 45.1. The van der Waals surface area contributed by atoms with Gasteiger partial charge in [0.05, 0.1) is 43.2 Å². The van der Waals surface area contributed by atoms with E-state index in [1.165, 1.54) is 55.4 Å². The van der Waals surface area contributed by atoms with Crippen molar-refractivity contribution in [2.75, 3.05) is 36.5 Å². The van der Waals surface area contributed by atoms with Crippen molar-refractivity contribution in [1.29, 1.82) is 5.26 Å². The van der Waals surface area contributed by atoms with Crippen LogP contribution < -0.4 is 25.4 Å². The number of aliphatic carboxylic acids is 1. The molecule has 0 spiro atoms. The number of nitrogens with zero attached hydrogens (tertiary/aromatic N) is 6. The lowest BCUT2D eigenvalue weighted by Crippen LogP contribution is -2.48. The molecular formula is C52H48F4N10O12S3. The molecule has 4 amide bonds. The van der Waals surface area contributed by atoms with Crippen LogP contribution >= 0.6 is 21.6 Å². The third kappa shape index (κ3) is 16.3. The van der Waals surface area contributed by atoms with E-state index in [4.69, 9.17) is 14.2 Å². The van der Waals surface area contributed by atoms with Crippen LogP contribution in [0.25, 0.3) is 33.2 Å². The largest absolute Gasteiger partial charge is 0.508 e. The summed E-state index contributed by atoms with van der Waals surface area (Å²) >= 11 is 0. The number of amides is 4. The van der Waals surface area contributed by atoms with Gasteiger partial charge >= 0.3 is 12.1 Å². The predicted octanol–water partition coefficient (Wildman–Crippen LogP) is 6.42. The van der Waals surface area contributed by atoms with Crippen molar-refractivity contribution in [3.63, 3.8) is 0 Å². The van der Waals surface area contributed by atoms with E-state index >= 15 is 0 Å². The van der Waals surface area contributed by atoms with Gasteiger partial charge in [0.2, 0.25) is 23.6 Å². The van der Waals surface area contributed by atoms with Crippen LogP contribution in [-0.4, -0.2) is 130 Å². The quantitative estimate of drug-likeness (QED) is 0.0189. The number of alkyl halides is 2. The molecule has 5 N–H and O–H groups in total. The van der Waals surface area contributed by atoms with Crippen LogP contribution in [0.3, 0.4) is 0 Å². The van der Waals surface area contributed by atoms with Gasteiger partial charge in [-0.1, -0.05) is 33.7 Å². The van der Waals surface area contributed by atoms with Crippen molar-refractivity contribution in [2.24, 2.45) is 0 Å². The Labute approximate surface area is 467 Å². The van der Waals surface area contributed by atoms with E-state index in [0.29, 0.717) is 39.4 Å². The Morgan fingerprint density at radius 2 is 1.62 bits per heavy atom. The third-order valence-electron chi connectivity index (χ3n) is 11.9. The van der Waals surface area contributed by atoms with Gasteiger partial charge in [0.25, 0.3) is 21.9 Å². The van der Waals surface area contributed by atoms with Crippen LogP contribution in [0.2, 0.25) is 0 Å². The second-order valence-corrected chi connectivity index (χ2v) is 22.0. The SMILES string of the molecule is COc1ncc(-c2ccc3nccc(-c4ccc(COC(=O)OCCSSCC(NC(=O)CCC(=O)NCc5cc(C(=O)N[C@@H](C)C(=O)N6CC(F)(F)CC6C#N)ccn5)C(=O)O)nc4)c3c2)cc1NS(=O)(=O)c1ccc(F)cc1F. The van der Waals surface area contributed by atoms with Crippen molar-refractivity contribution in [3.8, 4) is 34.2 Å². The number of pyridine rings is 4. The molecule has 29 heteroatoms. The molecule has 1 saturated heterocycles. The molecule has 3 atom stereocenters. The molecule has 0 radical (unpaired) electrons. The molecule has 81 heavy (non-hydrogen) atoms. The van der Waals surface area contributed by atoms with Gasteiger partial charge in [0, 0.05) is 83.7 Å². The first-order valence-electron chi connectivity index (χ1n) is 24.2. The highest BCUT2D eigenvalue weighted by atomic mass is 33.1. The van der Waals surface area contributed by atoms with E-state index in [1.54, 1.807) is 48.8 Å². The molecule has 0 saturated carbocycles. The van der Waals surface area contributed by atoms with Crippen LogP contribution in [0.15, 0.2) is 102 Å². The summed E-state index contributed by atoms with van der Waals surface area (Å²) in [6.07, 6.45) is 3.46. The lowest BCUT2D eigenvalue weighted by Gasteiger charge is -2.23. The van der Waals surface area contributed by atoms with Crippen LogP contribution in [0.5, 0.6) is 5.88 Å². The Kier molecular flexibility index (Phi) is 20.0. The molecule has 22 nitrogen and oxygen atoms in total. The maximum absolute atomic E-state index is 14.5. The van der Waals surface area contributed by atoms with Crippen LogP contribution in [0.1, 0.15) is 47.9 Å². The van der Waals surface area contributed by atoms with E-state index in [9.17, 15) is 65.1 Å². The van der Waals surface area contributed by atoms with Gasteiger partial charge in [-0.15, -0.1) is 0 Å². The highest BCUT2D eigenvalue weighted by molar-refractivity contribution is 8.76. The Bertz CT molecular complexity index is 3510. The number of sulfonamides is 1. The van der Waals surface area contributed by atoms with Crippen molar-refractivity contribution in [3.05, 3.63) is 126 Å². The fourth-order valence-corrected chi connectivity index (χ4v) is 11.0. The predicted molar refractivity (Wildman–Crippen MR) is 285 cm³/mol. The number of hydrogen-bond acceptors (Lipinski definition) is 18. The Morgan fingerprint density at radius 1 is 0.864 bits per heavy atom. The standard InChI is InChI=1S/C52H48F4N10O12S3/c1-29(49(70)66-28-52(55,56)21-37(66)22-57)63-47(69)31-11-13-58-36(17-31)25-61-45(67)9-10-46(68)64-43(50(71)72)27-80-79-16-15-77-51(73)78-26-35-6-3-32(23-60-35)38-12-14-59-41-7-4-30(18-39(38)41)33-19-42(48(76-2)62-24-33)65-81(74,75)44-8-5-34(53)20-40(44)54/h3-8,11-14,17-20,23-24,29,37,43,65H,9-10,15-16,21,25-28H2,1-2H3,(H,61,67)(H,63,69)(H,64,68)(H,71,72)/t29-,37?,43?/m0/s1. The minimum atomic E-state index is -4.53. The minimum absolute atomic E-state index is 0.0419. The number of nitrogens with one attached hydrogen (secondary N) is 4. The number of carboxylic acids is 1. The molecule has 424 valence electrons. The molecule has 2 aromatic carbocycles. The van der Waals surface area contributed by atoms with Crippen molar-refractivity contribution < 1.29 is 74.1 Å². The number of aromatic nitrogens is 4. The topological polar surface area (TPSA) is 311 Å². The molecule has 1 aliphatic heterocycles. The molecule has 5 heterocycles. The first kappa shape index (κ1) is 60.0. The fraction of sp³-hybridized carbons (Fsp3) is 0.288. The van der Waals surface area contributed by atoms with E-state index in [1.807, 2.05) is 6.07 Å². The van der Waals surface area contributed by atoms with Gasteiger partial charge in [0.15, 0.2) is 0 Å². The molecule has 1 aliphatic rings. The van der Waals surface area contributed by atoms with Crippen LogP contribution in [-0.2, 0) is 51.8 Å². The number of hydrogen-bond donors (Lipinski definition) is 5. The fourth-order valence-electron chi connectivity index (χ4n) is 7.91. The number of likely N-dealkylation sites (tertiary alicyclic amines) is 1. The minimum Gasteiger partial charge on any atom is -0.480 e. The molecule has 4 aromatic heterocycles. The average molecular weight is 1180 g/mol. The number of fused-ring (bicyclic) bond motifs is 1. The first-order chi connectivity index (χ1) is 38.6. The summed E-state index contributed by atoms with van der Waals surface area (Å²) in [5, 5.41) is 26.9. The smallest absolute Gasteiger partial charge is 0.480 e. The second-order valence-electron chi connectivity index (χ2n) is 17.7. The van der Waals surface area contributed by atoms with E-state index < -0.39 is 99.3 Å². The van der Waals surface area contributed by atoms with Gasteiger partial charge in [-0.25, -0.2) is 40.6 Å².